The maximum absolute atomic E-state index is 17.3. The van der Waals surface area contributed by atoms with Gasteiger partial charge in [0.1, 0.15) is 12.4 Å². The predicted octanol–water partition coefficient (Wildman–Crippen LogP) is 4.46. The number of esters is 1. The van der Waals surface area contributed by atoms with Gasteiger partial charge in [0, 0.05) is 5.69 Å². The Labute approximate surface area is 210 Å². The van der Waals surface area contributed by atoms with Crippen LogP contribution in [0.25, 0.3) is 0 Å². The number of nitrogens with one attached hydrogen (secondary N) is 1. The van der Waals surface area contributed by atoms with E-state index in [0.717, 1.165) is 0 Å². The van der Waals surface area contributed by atoms with Gasteiger partial charge in [0.05, 0.1) is 32.1 Å². The van der Waals surface area contributed by atoms with E-state index in [1.807, 2.05) is 0 Å². The van der Waals surface area contributed by atoms with E-state index in [1.165, 1.54) is 38.5 Å². The second-order valence-electron chi connectivity index (χ2n) is 9.14. The molecule has 2 aliphatic heterocycles. The first kappa shape index (κ1) is 23.2. The Morgan fingerprint density at radius 3 is 2.22 bits per heavy atom. The molecule has 4 atom stereocenters. The molecule has 2 N–H and O–H groups in total. The molecule has 8 nitrogen and oxygen atoms in total. The van der Waals surface area contributed by atoms with Gasteiger partial charge in [-0.05, 0) is 65.2 Å². The molecule has 0 aromatic heterocycles. The van der Waals surface area contributed by atoms with Crippen LogP contribution in [0.1, 0.15) is 28.7 Å². The fraction of sp³-hybridized carbons (Fsp3) is 0.296. The van der Waals surface area contributed by atoms with Crippen molar-refractivity contribution in [1.29, 1.82) is 0 Å². The topological polar surface area (TPSA) is 95.5 Å². The van der Waals surface area contributed by atoms with Crippen LogP contribution in [0, 0.1) is 11.7 Å². The molecule has 10 heteroatoms. The first-order chi connectivity index (χ1) is 17.8. The van der Waals surface area contributed by atoms with E-state index in [-0.39, 0.29) is 30.6 Å². The molecule has 192 valence electrons. The molecule has 6 rings (SSSR count). The van der Waals surface area contributed by atoms with Crippen molar-refractivity contribution < 1.29 is 42.4 Å². The van der Waals surface area contributed by atoms with Crippen molar-refractivity contribution in [3.05, 3.63) is 71.0 Å². The molecular weight excluding hydrogens is 488 g/mol. The van der Waals surface area contributed by atoms with Crippen molar-refractivity contribution in [3.8, 4) is 28.7 Å². The lowest BCUT2D eigenvalue weighted by Crippen LogP contribution is -2.50. The number of phenols is 1. The highest BCUT2D eigenvalue weighted by Gasteiger charge is 2.65. The number of carbonyl (C=O) groups excluding carboxylic acids is 1. The van der Waals surface area contributed by atoms with E-state index in [1.54, 1.807) is 24.3 Å². The standard InChI is InChI=1S/C27H23F2NO7/c1-33-21-7-13(8-22(34-2)25(21)31)23-16-9-19-20(37-12-36-19)10-17(16)24(18-11-35-26(32)27(18,23)29)30-15-5-3-14(28)4-6-15/h3-10,18,23-24,30-31H,11-12H2,1-2H3/t18-,23-,24-,27-/m1/s1. The van der Waals surface area contributed by atoms with Gasteiger partial charge >= 0.3 is 5.97 Å². The van der Waals surface area contributed by atoms with Gasteiger partial charge in [-0.15, -0.1) is 0 Å². The van der Waals surface area contributed by atoms with Crippen molar-refractivity contribution in [2.75, 3.05) is 32.9 Å². The zero-order chi connectivity index (χ0) is 25.9. The summed E-state index contributed by atoms with van der Waals surface area (Å²) in [5, 5.41) is 13.7. The molecule has 0 radical (unpaired) electrons. The van der Waals surface area contributed by atoms with Crippen molar-refractivity contribution in [2.24, 2.45) is 5.92 Å². The van der Waals surface area contributed by atoms with Gasteiger partial charge in [0.25, 0.3) is 0 Å². The molecule has 3 aromatic rings. The lowest BCUT2D eigenvalue weighted by molar-refractivity contribution is -0.149. The molecule has 3 aliphatic rings. The van der Waals surface area contributed by atoms with E-state index in [9.17, 15) is 14.3 Å². The number of phenolic OH excluding ortho intramolecular Hbond substituents is 1. The number of aromatic hydroxyl groups is 1. The minimum atomic E-state index is -2.49. The van der Waals surface area contributed by atoms with Gasteiger partial charge < -0.3 is 34.1 Å². The van der Waals surface area contributed by atoms with Gasteiger partial charge in [-0.1, -0.05) is 0 Å². The summed E-state index contributed by atoms with van der Waals surface area (Å²) in [5.41, 5.74) is -0.468. The van der Waals surface area contributed by atoms with E-state index < -0.39 is 35.3 Å². The highest BCUT2D eigenvalue weighted by atomic mass is 19.1. The smallest absolute Gasteiger partial charge is 0.345 e. The minimum Gasteiger partial charge on any atom is -0.502 e. The summed E-state index contributed by atoms with van der Waals surface area (Å²) in [4.78, 5) is 13.1. The normalized spacial score (nSPS) is 25.2. The third kappa shape index (κ3) is 3.42. The van der Waals surface area contributed by atoms with Crippen molar-refractivity contribution in [1.82, 2.24) is 0 Å². The fourth-order valence-corrected chi connectivity index (χ4v) is 5.56. The summed E-state index contributed by atoms with van der Waals surface area (Å²) < 4.78 is 58.0. The fourth-order valence-electron chi connectivity index (χ4n) is 5.56. The molecule has 0 amide bonds. The van der Waals surface area contributed by atoms with Crippen LogP contribution in [-0.4, -0.2) is 44.4 Å². The number of halogens is 2. The quantitative estimate of drug-likeness (QED) is 0.485. The second kappa shape index (κ2) is 8.43. The van der Waals surface area contributed by atoms with Crippen LogP contribution in [0.15, 0.2) is 48.5 Å². The Morgan fingerprint density at radius 1 is 0.973 bits per heavy atom. The number of hydrogen-bond acceptors (Lipinski definition) is 8. The molecule has 2 heterocycles. The Kier molecular flexibility index (Phi) is 5.29. The van der Waals surface area contributed by atoms with Crippen molar-refractivity contribution in [2.45, 2.75) is 17.6 Å². The van der Waals surface area contributed by atoms with Crippen molar-refractivity contribution >= 4 is 11.7 Å². The third-order valence-electron chi connectivity index (χ3n) is 7.30. The van der Waals surface area contributed by atoms with Gasteiger partial charge in [0.15, 0.2) is 23.0 Å². The van der Waals surface area contributed by atoms with Gasteiger partial charge in [-0.25, -0.2) is 13.6 Å². The number of rotatable bonds is 5. The predicted molar refractivity (Wildman–Crippen MR) is 127 cm³/mol. The van der Waals surface area contributed by atoms with Crippen LogP contribution in [0.5, 0.6) is 28.7 Å². The number of hydrogen-bond donors (Lipinski definition) is 2. The zero-order valence-corrected chi connectivity index (χ0v) is 19.9. The second-order valence-corrected chi connectivity index (χ2v) is 9.14. The number of ether oxygens (including phenoxy) is 5. The number of alkyl halides is 1. The number of anilines is 1. The van der Waals surface area contributed by atoms with Gasteiger partial charge in [-0.2, -0.15) is 0 Å². The van der Waals surface area contributed by atoms with Crippen molar-refractivity contribution in [3.63, 3.8) is 0 Å². The highest BCUT2D eigenvalue weighted by Crippen LogP contribution is 2.59. The Morgan fingerprint density at radius 2 is 1.59 bits per heavy atom. The third-order valence-corrected chi connectivity index (χ3v) is 7.30. The first-order valence-electron chi connectivity index (χ1n) is 11.6. The average molecular weight is 511 g/mol. The number of carbonyl (C=O) groups is 1. The van der Waals surface area contributed by atoms with Crippen LogP contribution >= 0.6 is 0 Å². The van der Waals surface area contributed by atoms with E-state index in [2.05, 4.69) is 5.32 Å². The summed E-state index contributed by atoms with van der Waals surface area (Å²) in [6.07, 6.45) is 0. The monoisotopic (exact) mass is 511 g/mol. The summed E-state index contributed by atoms with van der Waals surface area (Å²) in [7, 11) is 2.73. The molecule has 0 bridgehead atoms. The maximum atomic E-state index is 17.3. The number of benzene rings is 3. The van der Waals surface area contributed by atoms with E-state index >= 15 is 4.39 Å². The molecule has 3 aromatic carbocycles. The number of cyclic esters (lactones) is 1. The molecule has 1 aliphatic carbocycles. The summed E-state index contributed by atoms with van der Waals surface area (Å²) in [6.45, 7) is -0.170. The summed E-state index contributed by atoms with van der Waals surface area (Å²) in [6, 6.07) is 11.3. The van der Waals surface area contributed by atoms with Gasteiger partial charge in [0.2, 0.25) is 18.2 Å². The van der Waals surface area contributed by atoms with Gasteiger partial charge in [-0.3, -0.25) is 0 Å². The molecular formula is C27H23F2NO7. The largest absolute Gasteiger partial charge is 0.502 e. The van der Waals surface area contributed by atoms with Crippen LogP contribution in [0.2, 0.25) is 0 Å². The van der Waals surface area contributed by atoms with Crippen LogP contribution < -0.4 is 24.3 Å². The first-order valence-corrected chi connectivity index (χ1v) is 11.6. The van der Waals surface area contributed by atoms with E-state index in [4.69, 9.17) is 23.7 Å². The molecule has 1 saturated heterocycles. The summed E-state index contributed by atoms with van der Waals surface area (Å²) in [5.74, 6) is -2.72. The molecule has 37 heavy (non-hydrogen) atoms. The molecule has 0 unspecified atom stereocenters. The zero-order valence-electron chi connectivity index (χ0n) is 19.9. The number of methoxy groups -OCH3 is 2. The maximum Gasteiger partial charge on any atom is 0.345 e. The molecule has 0 spiro atoms. The SMILES string of the molecule is COc1cc([C@@H]2c3cc4c(cc3[C@@H](Nc3ccc(F)cc3)[C@H]3COC(=O)[C@]23F)OCO4)cc(OC)c1O. The Balaban J connectivity index is 1.59. The van der Waals surface area contributed by atoms with Crippen LogP contribution in [0.3, 0.4) is 0 Å². The Bertz CT molecular complexity index is 1370. The van der Waals surface area contributed by atoms with Crippen LogP contribution in [-0.2, 0) is 9.53 Å². The summed E-state index contributed by atoms with van der Waals surface area (Å²) >= 11 is 0. The Hall–Kier alpha value is -4.21. The highest BCUT2D eigenvalue weighted by molar-refractivity contribution is 5.86. The molecule has 0 saturated carbocycles. The minimum absolute atomic E-state index is 0.00600. The lowest BCUT2D eigenvalue weighted by Gasteiger charge is -2.43. The number of fused-ring (bicyclic) bond motifs is 3. The average Bonchev–Trinajstić information content (AvgIpc) is 3.48. The molecule has 1 fully saturated rings. The lowest BCUT2D eigenvalue weighted by atomic mass is 9.63. The van der Waals surface area contributed by atoms with E-state index in [0.29, 0.717) is 33.9 Å². The van der Waals surface area contributed by atoms with Crippen LogP contribution in [0.4, 0.5) is 14.5 Å².